The van der Waals surface area contributed by atoms with Crippen molar-refractivity contribution in [3.63, 3.8) is 0 Å². The molecule has 1 N–H and O–H groups in total. The highest BCUT2D eigenvalue weighted by molar-refractivity contribution is 5.75. The van der Waals surface area contributed by atoms with Crippen LogP contribution in [-0.4, -0.2) is 48.3 Å². The van der Waals surface area contributed by atoms with Crippen molar-refractivity contribution in [2.24, 2.45) is 0 Å². The van der Waals surface area contributed by atoms with Crippen LogP contribution >= 0.6 is 0 Å². The van der Waals surface area contributed by atoms with Gasteiger partial charge < -0.3 is 29.6 Å². The number of carboxylic acid groups (broad SMARTS) is 1. The Morgan fingerprint density at radius 2 is 1.80 bits per heavy atom. The number of amides is 2. The number of carbonyl (C=O) groups excluding carboxylic acids is 3. The first kappa shape index (κ1) is 20.3. The van der Waals surface area contributed by atoms with Crippen molar-refractivity contribution in [2.75, 3.05) is 19.6 Å². The highest BCUT2D eigenvalue weighted by atomic mass is 16.6. The quantitative estimate of drug-likeness (QED) is 0.782. The Bertz CT molecular complexity index is 583. The van der Waals surface area contributed by atoms with Crippen molar-refractivity contribution in [1.29, 1.82) is 0 Å². The van der Waals surface area contributed by atoms with Crippen LogP contribution in [0.1, 0.15) is 26.3 Å². The van der Waals surface area contributed by atoms with Gasteiger partial charge in [-0.3, -0.25) is 0 Å². The minimum Gasteiger partial charge on any atom is -0.548 e. The number of hydrogen-bond donors (Lipinski definition) is 1. The zero-order valence-corrected chi connectivity index (χ0v) is 14.6. The van der Waals surface area contributed by atoms with Gasteiger partial charge in [-0.1, -0.05) is 30.3 Å². The van der Waals surface area contributed by atoms with Gasteiger partial charge in [-0.25, -0.2) is 9.59 Å². The maximum atomic E-state index is 12.0. The van der Waals surface area contributed by atoms with Gasteiger partial charge in [0, 0.05) is 13.1 Å². The topological polar surface area (TPSA) is 108 Å². The molecular formula is C17H23N2O6-. The van der Waals surface area contributed by atoms with E-state index in [1.165, 1.54) is 0 Å². The summed E-state index contributed by atoms with van der Waals surface area (Å²) < 4.78 is 10.1. The molecule has 0 spiro atoms. The van der Waals surface area contributed by atoms with E-state index in [1.54, 1.807) is 45.0 Å². The van der Waals surface area contributed by atoms with Crippen molar-refractivity contribution < 1.29 is 29.0 Å². The molecule has 8 heteroatoms. The zero-order valence-electron chi connectivity index (χ0n) is 14.6. The van der Waals surface area contributed by atoms with E-state index >= 15 is 0 Å². The number of rotatable bonds is 7. The lowest BCUT2D eigenvalue weighted by Gasteiger charge is -2.23. The summed E-state index contributed by atoms with van der Waals surface area (Å²) in [6.45, 7) is 4.50. The van der Waals surface area contributed by atoms with Gasteiger partial charge in [0.1, 0.15) is 12.2 Å². The van der Waals surface area contributed by atoms with E-state index in [4.69, 9.17) is 9.47 Å². The lowest BCUT2D eigenvalue weighted by Crippen LogP contribution is -2.45. The van der Waals surface area contributed by atoms with Gasteiger partial charge in [-0.15, -0.1) is 0 Å². The van der Waals surface area contributed by atoms with Crippen molar-refractivity contribution in [2.45, 2.75) is 33.0 Å². The van der Waals surface area contributed by atoms with Crippen LogP contribution in [0.3, 0.4) is 0 Å². The van der Waals surface area contributed by atoms with E-state index < -0.39 is 30.3 Å². The maximum absolute atomic E-state index is 12.0. The number of ether oxygens (including phenoxy) is 2. The fourth-order valence-corrected chi connectivity index (χ4v) is 1.81. The van der Waals surface area contributed by atoms with E-state index in [0.29, 0.717) is 0 Å². The molecule has 0 unspecified atom stereocenters. The molecule has 1 aromatic carbocycles. The Balaban J connectivity index is 2.48. The molecule has 8 nitrogen and oxygen atoms in total. The molecule has 0 aliphatic rings. The lowest BCUT2D eigenvalue weighted by atomic mass is 10.2. The molecule has 25 heavy (non-hydrogen) atoms. The summed E-state index contributed by atoms with van der Waals surface area (Å²) in [6, 6.07) is 8.98. The monoisotopic (exact) mass is 351 g/mol. The maximum Gasteiger partial charge on any atom is 0.410 e. The van der Waals surface area contributed by atoms with Crippen molar-refractivity contribution >= 4 is 18.2 Å². The lowest BCUT2D eigenvalue weighted by molar-refractivity contribution is -0.305. The molecule has 138 valence electrons. The number of hydrogen-bond acceptors (Lipinski definition) is 6. The fraction of sp³-hybridized carbons (Fsp3) is 0.471. The second kappa shape index (κ2) is 9.51. The molecule has 0 radical (unpaired) electrons. The first-order valence-corrected chi connectivity index (χ1v) is 7.79. The Morgan fingerprint density at radius 1 is 1.16 bits per heavy atom. The highest BCUT2D eigenvalue weighted by Gasteiger charge is 2.18. The molecule has 1 aromatic rings. The van der Waals surface area contributed by atoms with E-state index in [9.17, 15) is 19.5 Å². The van der Waals surface area contributed by atoms with Crippen LogP contribution in [-0.2, 0) is 20.9 Å². The third kappa shape index (κ3) is 9.19. The Hall–Kier alpha value is -2.77. The molecule has 0 saturated carbocycles. The highest BCUT2D eigenvalue weighted by Crippen LogP contribution is 2.06. The van der Waals surface area contributed by atoms with E-state index in [-0.39, 0.29) is 19.7 Å². The molecule has 2 amide bonds. The zero-order chi connectivity index (χ0) is 18.9. The molecule has 0 fully saturated rings. The second-order valence-electron chi connectivity index (χ2n) is 6.26. The smallest absolute Gasteiger partial charge is 0.410 e. The third-order valence-electron chi connectivity index (χ3n) is 2.83. The van der Waals surface area contributed by atoms with Gasteiger partial charge in [0.05, 0.1) is 12.5 Å². The van der Waals surface area contributed by atoms with Crippen LogP contribution in [0.15, 0.2) is 30.3 Å². The summed E-state index contributed by atoms with van der Waals surface area (Å²) in [4.78, 5) is 35.3. The summed E-state index contributed by atoms with van der Waals surface area (Å²) in [5.74, 6) is -1.42. The number of carbonyl (C=O) groups is 3. The molecule has 0 aliphatic heterocycles. The summed E-state index contributed by atoms with van der Waals surface area (Å²) in [6.07, 6.45) is -1.46. The average molecular weight is 351 g/mol. The normalized spacial score (nSPS) is 10.7. The summed E-state index contributed by atoms with van der Waals surface area (Å²) in [5.41, 5.74) is 0.125. The molecule has 0 aromatic heterocycles. The number of aliphatic carboxylic acids is 1. The van der Waals surface area contributed by atoms with Crippen LogP contribution < -0.4 is 10.4 Å². The Labute approximate surface area is 146 Å². The largest absolute Gasteiger partial charge is 0.548 e. The summed E-state index contributed by atoms with van der Waals surface area (Å²) >= 11 is 0. The van der Waals surface area contributed by atoms with Gasteiger partial charge in [-0.2, -0.15) is 0 Å². The molecule has 0 bridgehead atoms. The third-order valence-corrected chi connectivity index (χ3v) is 2.83. The van der Waals surface area contributed by atoms with Gasteiger partial charge in [-0.05, 0) is 26.3 Å². The average Bonchev–Trinajstić information content (AvgIpc) is 2.50. The molecular weight excluding hydrogens is 328 g/mol. The summed E-state index contributed by atoms with van der Waals surface area (Å²) in [5, 5.41) is 13.2. The van der Waals surface area contributed by atoms with Crippen LogP contribution in [0.4, 0.5) is 9.59 Å². The van der Waals surface area contributed by atoms with Gasteiger partial charge in [0.15, 0.2) is 0 Å². The predicted octanol–water partition coefficient (Wildman–Crippen LogP) is 0.900. The summed E-state index contributed by atoms with van der Waals surface area (Å²) in [7, 11) is 0. The van der Waals surface area contributed by atoms with E-state index in [0.717, 1.165) is 10.5 Å². The number of carboxylic acids is 1. The van der Waals surface area contributed by atoms with Gasteiger partial charge in [0.2, 0.25) is 0 Å². The van der Waals surface area contributed by atoms with E-state index in [2.05, 4.69) is 5.32 Å². The molecule has 0 atom stereocenters. The van der Waals surface area contributed by atoms with Crippen LogP contribution in [0.2, 0.25) is 0 Å². The predicted molar refractivity (Wildman–Crippen MR) is 87.4 cm³/mol. The van der Waals surface area contributed by atoms with Gasteiger partial charge in [0.25, 0.3) is 0 Å². The minimum absolute atomic E-state index is 0.0165. The Kier molecular flexibility index (Phi) is 7.71. The Morgan fingerprint density at radius 3 is 2.36 bits per heavy atom. The van der Waals surface area contributed by atoms with Crippen molar-refractivity contribution in [1.82, 2.24) is 10.2 Å². The fourth-order valence-electron chi connectivity index (χ4n) is 1.81. The van der Waals surface area contributed by atoms with Crippen molar-refractivity contribution in [3.05, 3.63) is 35.9 Å². The standard InChI is InChI=1S/C17H24N2O6/c1-17(2,3)25-15(22)18-9-10-19(11-14(20)21)16(23)24-12-13-7-5-4-6-8-13/h4-8H,9-12H2,1-3H3,(H,18,22)(H,20,21)/p-1. The van der Waals surface area contributed by atoms with Crippen LogP contribution in [0.25, 0.3) is 0 Å². The first-order valence-electron chi connectivity index (χ1n) is 7.79. The SMILES string of the molecule is CC(C)(C)OC(=O)NCCN(CC(=O)[O-])C(=O)OCc1ccccc1. The number of alkyl carbamates (subject to hydrolysis) is 1. The molecule has 0 saturated heterocycles. The second-order valence-corrected chi connectivity index (χ2v) is 6.26. The minimum atomic E-state index is -1.42. The number of benzene rings is 1. The van der Waals surface area contributed by atoms with Crippen molar-refractivity contribution in [3.8, 4) is 0 Å². The number of nitrogens with zero attached hydrogens (tertiary/aromatic N) is 1. The van der Waals surface area contributed by atoms with Crippen LogP contribution in [0.5, 0.6) is 0 Å². The number of nitrogens with one attached hydrogen (secondary N) is 1. The van der Waals surface area contributed by atoms with E-state index in [1.807, 2.05) is 6.07 Å². The van der Waals surface area contributed by atoms with Gasteiger partial charge >= 0.3 is 12.2 Å². The first-order chi connectivity index (χ1) is 11.7. The molecule has 0 aliphatic carbocycles. The van der Waals surface area contributed by atoms with Crippen LogP contribution in [0, 0.1) is 0 Å². The molecule has 1 rings (SSSR count). The molecule has 0 heterocycles.